The number of carbonyl (C=O) groups is 2. The SMILES string of the molecule is CCN(C(=O)C1(C)CCCC1N)C1COCC1C(=O)O. The van der Waals surface area contributed by atoms with Crippen LogP contribution in [-0.2, 0) is 14.3 Å². The molecule has 0 aromatic rings. The van der Waals surface area contributed by atoms with Crippen molar-refractivity contribution in [3.63, 3.8) is 0 Å². The molecule has 2 aliphatic rings. The Morgan fingerprint density at radius 1 is 1.45 bits per heavy atom. The monoisotopic (exact) mass is 284 g/mol. The zero-order chi connectivity index (χ0) is 14.9. The summed E-state index contributed by atoms with van der Waals surface area (Å²) in [7, 11) is 0. The van der Waals surface area contributed by atoms with Gasteiger partial charge in [0.25, 0.3) is 0 Å². The van der Waals surface area contributed by atoms with Crippen molar-refractivity contribution in [2.24, 2.45) is 17.1 Å². The van der Waals surface area contributed by atoms with Gasteiger partial charge in [0.05, 0.1) is 24.7 Å². The Hall–Kier alpha value is -1.14. The van der Waals surface area contributed by atoms with E-state index < -0.39 is 17.3 Å². The van der Waals surface area contributed by atoms with Gasteiger partial charge in [0.1, 0.15) is 5.92 Å². The number of hydrogen-bond acceptors (Lipinski definition) is 4. The van der Waals surface area contributed by atoms with Gasteiger partial charge < -0.3 is 20.5 Å². The van der Waals surface area contributed by atoms with Crippen molar-refractivity contribution in [2.45, 2.75) is 45.2 Å². The standard InChI is InChI=1S/C14H24N2O4/c1-3-16(10-8-20-7-9(10)12(17)18)13(19)14(2)6-4-5-11(14)15/h9-11H,3-8,15H2,1-2H3,(H,17,18). The van der Waals surface area contributed by atoms with Gasteiger partial charge in [-0.05, 0) is 26.7 Å². The molecule has 2 fully saturated rings. The predicted molar refractivity (Wildman–Crippen MR) is 73.1 cm³/mol. The molecular weight excluding hydrogens is 260 g/mol. The smallest absolute Gasteiger partial charge is 0.311 e. The summed E-state index contributed by atoms with van der Waals surface area (Å²) < 4.78 is 5.28. The molecule has 0 aromatic heterocycles. The molecule has 1 saturated carbocycles. The topological polar surface area (TPSA) is 92.9 Å². The van der Waals surface area contributed by atoms with Crippen LogP contribution in [0.1, 0.15) is 33.1 Å². The van der Waals surface area contributed by atoms with E-state index in [0.29, 0.717) is 13.2 Å². The van der Waals surface area contributed by atoms with Crippen LogP contribution in [0.3, 0.4) is 0 Å². The first-order valence-electron chi connectivity index (χ1n) is 7.29. The first-order chi connectivity index (χ1) is 9.41. The van der Waals surface area contributed by atoms with E-state index in [0.717, 1.165) is 19.3 Å². The summed E-state index contributed by atoms with van der Waals surface area (Å²) in [5.74, 6) is -1.56. The summed E-state index contributed by atoms with van der Waals surface area (Å²) in [5.41, 5.74) is 5.54. The number of carboxylic acid groups (broad SMARTS) is 1. The lowest BCUT2D eigenvalue weighted by atomic mass is 9.82. The maximum absolute atomic E-state index is 12.9. The molecule has 0 bridgehead atoms. The normalized spacial score (nSPS) is 37.0. The summed E-state index contributed by atoms with van der Waals surface area (Å²) in [6.45, 7) is 4.73. The quantitative estimate of drug-likeness (QED) is 0.782. The first kappa shape index (κ1) is 15.3. The van der Waals surface area contributed by atoms with E-state index in [1.807, 2.05) is 13.8 Å². The number of hydrogen-bond donors (Lipinski definition) is 2. The summed E-state index contributed by atoms with van der Waals surface area (Å²) in [6, 6.07) is -0.524. The second-order valence-electron chi connectivity index (χ2n) is 6.06. The minimum atomic E-state index is -0.903. The van der Waals surface area contributed by atoms with E-state index in [4.69, 9.17) is 10.5 Å². The average molecular weight is 284 g/mol. The molecule has 1 saturated heterocycles. The van der Waals surface area contributed by atoms with Gasteiger partial charge in [0, 0.05) is 12.6 Å². The molecule has 2 rings (SSSR count). The Bertz CT molecular complexity index is 401. The first-order valence-corrected chi connectivity index (χ1v) is 7.29. The molecular formula is C14H24N2O4. The van der Waals surface area contributed by atoms with Gasteiger partial charge in [-0.2, -0.15) is 0 Å². The summed E-state index contributed by atoms with van der Waals surface area (Å²) in [4.78, 5) is 25.8. The van der Waals surface area contributed by atoms with Crippen LogP contribution >= 0.6 is 0 Å². The van der Waals surface area contributed by atoms with Crippen molar-refractivity contribution in [3.8, 4) is 0 Å². The fourth-order valence-corrected chi connectivity index (χ4v) is 3.40. The van der Waals surface area contributed by atoms with E-state index in [9.17, 15) is 14.7 Å². The lowest BCUT2D eigenvalue weighted by Gasteiger charge is -2.38. The Morgan fingerprint density at radius 3 is 2.65 bits per heavy atom. The molecule has 0 spiro atoms. The number of nitrogens with zero attached hydrogens (tertiary/aromatic N) is 1. The van der Waals surface area contributed by atoms with Gasteiger partial charge in [-0.3, -0.25) is 9.59 Å². The van der Waals surface area contributed by atoms with Crippen molar-refractivity contribution in [1.29, 1.82) is 0 Å². The number of likely N-dealkylation sites (N-methyl/N-ethyl adjacent to an activating group) is 1. The molecule has 1 heterocycles. The van der Waals surface area contributed by atoms with Gasteiger partial charge in [0.15, 0.2) is 0 Å². The molecule has 6 nitrogen and oxygen atoms in total. The number of nitrogens with two attached hydrogens (primary N) is 1. The van der Waals surface area contributed by atoms with E-state index in [2.05, 4.69) is 0 Å². The highest BCUT2D eigenvalue weighted by atomic mass is 16.5. The number of ether oxygens (including phenoxy) is 1. The lowest BCUT2D eigenvalue weighted by Crippen LogP contribution is -2.55. The van der Waals surface area contributed by atoms with Crippen molar-refractivity contribution in [3.05, 3.63) is 0 Å². The van der Waals surface area contributed by atoms with Gasteiger partial charge in [-0.1, -0.05) is 6.42 Å². The van der Waals surface area contributed by atoms with Crippen LogP contribution in [0.15, 0.2) is 0 Å². The Balaban J connectivity index is 2.19. The number of amides is 1. The molecule has 20 heavy (non-hydrogen) atoms. The van der Waals surface area contributed by atoms with E-state index in [-0.39, 0.29) is 24.6 Å². The lowest BCUT2D eigenvalue weighted by molar-refractivity contribution is -0.149. The van der Waals surface area contributed by atoms with Crippen LogP contribution in [0.25, 0.3) is 0 Å². The zero-order valence-corrected chi connectivity index (χ0v) is 12.2. The van der Waals surface area contributed by atoms with E-state index >= 15 is 0 Å². The van der Waals surface area contributed by atoms with Crippen LogP contribution in [0.4, 0.5) is 0 Å². The summed E-state index contributed by atoms with van der Waals surface area (Å²) in [5, 5.41) is 9.25. The van der Waals surface area contributed by atoms with Crippen LogP contribution < -0.4 is 5.73 Å². The van der Waals surface area contributed by atoms with E-state index in [1.165, 1.54) is 0 Å². The predicted octanol–water partition coefficient (Wildman–Crippen LogP) is 0.452. The molecule has 114 valence electrons. The average Bonchev–Trinajstić information content (AvgIpc) is 2.99. The highest BCUT2D eigenvalue weighted by Gasteiger charge is 2.48. The van der Waals surface area contributed by atoms with Gasteiger partial charge in [-0.15, -0.1) is 0 Å². The van der Waals surface area contributed by atoms with E-state index in [1.54, 1.807) is 4.90 Å². The Kier molecular flexibility index (Phi) is 4.34. The number of carboxylic acids is 1. The maximum atomic E-state index is 12.9. The third kappa shape index (κ3) is 2.42. The third-order valence-electron chi connectivity index (χ3n) is 4.89. The second kappa shape index (κ2) is 5.69. The van der Waals surface area contributed by atoms with Crippen molar-refractivity contribution < 1.29 is 19.4 Å². The maximum Gasteiger partial charge on any atom is 0.311 e. The minimum absolute atomic E-state index is 0.0215. The van der Waals surface area contributed by atoms with Crippen LogP contribution in [-0.4, -0.2) is 53.7 Å². The molecule has 1 amide bonds. The van der Waals surface area contributed by atoms with Crippen molar-refractivity contribution in [2.75, 3.05) is 19.8 Å². The Labute approximate surface area is 119 Å². The van der Waals surface area contributed by atoms with Crippen LogP contribution in [0.2, 0.25) is 0 Å². The fraction of sp³-hybridized carbons (Fsp3) is 0.857. The van der Waals surface area contributed by atoms with Gasteiger partial charge >= 0.3 is 5.97 Å². The third-order valence-corrected chi connectivity index (χ3v) is 4.89. The summed E-state index contributed by atoms with van der Waals surface area (Å²) in [6.07, 6.45) is 2.57. The largest absolute Gasteiger partial charge is 0.481 e. The Morgan fingerprint density at radius 2 is 2.15 bits per heavy atom. The second-order valence-corrected chi connectivity index (χ2v) is 6.06. The fourth-order valence-electron chi connectivity index (χ4n) is 3.40. The van der Waals surface area contributed by atoms with Crippen LogP contribution in [0, 0.1) is 11.3 Å². The molecule has 3 N–H and O–H groups in total. The number of carbonyl (C=O) groups excluding carboxylic acids is 1. The van der Waals surface area contributed by atoms with Crippen molar-refractivity contribution in [1.82, 2.24) is 4.90 Å². The van der Waals surface area contributed by atoms with Crippen LogP contribution in [0.5, 0.6) is 0 Å². The highest BCUT2D eigenvalue weighted by molar-refractivity contribution is 5.84. The van der Waals surface area contributed by atoms with Crippen molar-refractivity contribution >= 4 is 11.9 Å². The molecule has 4 unspecified atom stereocenters. The minimum Gasteiger partial charge on any atom is -0.481 e. The molecule has 0 radical (unpaired) electrons. The molecule has 1 aliphatic carbocycles. The number of aliphatic carboxylic acids is 1. The molecule has 4 atom stereocenters. The molecule has 1 aliphatic heterocycles. The highest BCUT2D eigenvalue weighted by Crippen LogP contribution is 2.39. The van der Waals surface area contributed by atoms with Gasteiger partial charge in [0.2, 0.25) is 5.91 Å². The molecule has 6 heteroatoms. The summed E-state index contributed by atoms with van der Waals surface area (Å²) >= 11 is 0. The van der Waals surface area contributed by atoms with Gasteiger partial charge in [-0.25, -0.2) is 0 Å². The number of rotatable bonds is 4. The molecule has 0 aromatic carbocycles. The zero-order valence-electron chi connectivity index (χ0n) is 12.2.